The predicted molar refractivity (Wildman–Crippen MR) is 73.1 cm³/mol. The van der Waals surface area contributed by atoms with Crippen LogP contribution in [0.15, 0.2) is 52.7 Å². The minimum atomic E-state index is -0.0819. The third-order valence-corrected chi connectivity index (χ3v) is 2.41. The molecule has 0 radical (unpaired) electrons. The second-order valence-electron chi connectivity index (χ2n) is 3.79. The molecule has 2 aromatic carbocycles. The molecule has 0 bridgehead atoms. The van der Waals surface area contributed by atoms with Crippen molar-refractivity contribution in [3.8, 4) is 17.2 Å². The maximum absolute atomic E-state index is 9.51. The Morgan fingerprint density at radius 1 is 0.737 bits per heavy atom. The fraction of sp³-hybridized carbons (Fsp3) is 0. The van der Waals surface area contributed by atoms with Crippen molar-refractivity contribution in [3.05, 3.63) is 53.6 Å². The minimum absolute atomic E-state index is 0.0210. The molecule has 0 fully saturated rings. The molecule has 0 heterocycles. The molecule has 0 saturated carbocycles. The Morgan fingerprint density at radius 2 is 1.37 bits per heavy atom. The third kappa shape index (κ3) is 3.32. The molecule has 0 aromatic heterocycles. The van der Waals surface area contributed by atoms with Gasteiger partial charge in [-0.25, -0.2) is 0 Å². The summed E-state index contributed by atoms with van der Waals surface area (Å²) in [5.41, 5.74) is 0.988. The second kappa shape index (κ2) is 5.68. The zero-order valence-corrected chi connectivity index (χ0v) is 9.93. The van der Waals surface area contributed by atoms with Crippen LogP contribution in [0.1, 0.15) is 11.1 Å². The van der Waals surface area contributed by atoms with Crippen molar-refractivity contribution in [1.82, 2.24) is 0 Å². The average Bonchev–Trinajstić information content (AvgIpc) is 2.38. The lowest BCUT2D eigenvalue weighted by atomic mass is 10.2. The standard InChI is InChI=1S/C14H12N2O3/c17-12-6-5-11(14(19)7-12)9-16-15-8-10-3-1-2-4-13(10)18/h1-9,17-19H. The Balaban J connectivity index is 2.10. The number of nitrogens with zero attached hydrogens (tertiary/aromatic N) is 2. The van der Waals surface area contributed by atoms with Gasteiger partial charge >= 0.3 is 0 Å². The molecule has 3 N–H and O–H groups in total. The molecule has 5 nitrogen and oxygen atoms in total. The van der Waals surface area contributed by atoms with Gasteiger partial charge in [-0.15, -0.1) is 0 Å². The van der Waals surface area contributed by atoms with E-state index in [-0.39, 0.29) is 17.2 Å². The molecule has 0 aliphatic carbocycles. The molecular weight excluding hydrogens is 244 g/mol. The van der Waals surface area contributed by atoms with Crippen molar-refractivity contribution in [2.45, 2.75) is 0 Å². The van der Waals surface area contributed by atoms with Crippen LogP contribution in [0, 0.1) is 0 Å². The van der Waals surface area contributed by atoms with Gasteiger partial charge in [-0.05, 0) is 24.3 Å². The SMILES string of the molecule is Oc1ccc(C=NN=Cc2ccccc2O)c(O)c1. The van der Waals surface area contributed by atoms with Gasteiger partial charge in [-0.2, -0.15) is 10.2 Å². The zero-order valence-electron chi connectivity index (χ0n) is 9.93. The molecular formula is C14H12N2O3. The van der Waals surface area contributed by atoms with Crippen LogP contribution in [0.25, 0.3) is 0 Å². The molecule has 2 rings (SSSR count). The van der Waals surface area contributed by atoms with Gasteiger partial charge < -0.3 is 15.3 Å². The van der Waals surface area contributed by atoms with Crippen molar-refractivity contribution in [3.63, 3.8) is 0 Å². The van der Waals surface area contributed by atoms with Gasteiger partial charge in [0.05, 0.1) is 12.4 Å². The number of aromatic hydroxyl groups is 3. The lowest BCUT2D eigenvalue weighted by Crippen LogP contribution is -1.83. The fourth-order valence-corrected chi connectivity index (χ4v) is 1.43. The van der Waals surface area contributed by atoms with E-state index in [0.29, 0.717) is 11.1 Å². The monoisotopic (exact) mass is 256 g/mol. The van der Waals surface area contributed by atoms with Gasteiger partial charge in [-0.1, -0.05) is 12.1 Å². The Bertz CT molecular complexity index is 636. The highest BCUT2D eigenvalue weighted by Crippen LogP contribution is 2.20. The maximum atomic E-state index is 9.51. The van der Waals surface area contributed by atoms with Crippen LogP contribution in [-0.2, 0) is 0 Å². The summed E-state index contributed by atoms with van der Waals surface area (Å²) in [6.45, 7) is 0. The lowest BCUT2D eigenvalue weighted by Gasteiger charge is -1.97. The summed E-state index contributed by atoms with van der Waals surface area (Å²) in [7, 11) is 0. The summed E-state index contributed by atoms with van der Waals surface area (Å²) in [5.74, 6) is 0.0165. The highest BCUT2D eigenvalue weighted by atomic mass is 16.3. The van der Waals surface area contributed by atoms with Crippen molar-refractivity contribution in [1.29, 1.82) is 0 Å². The lowest BCUT2D eigenvalue weighted by molar-refractivity contribution is 0.450. The van der Waals surface area contributed by atoms with E-state index in [1.54, 1.807) is 24.3 Å². The first-order valence-electron chi connectivity index (χ1n) is 5.53. The predicted octanol–water partition coefficient (Wildman–Crippen LogP) is 2.26. The Labute approximate surface area is 109 Å². The summed E-state index contributed by atoms with van der Waals surface area (Å²) >= 11 is 0. The van der Waals surface area contributed by atoms with Gasteiger partial charge in [0.2, 0.25) is 0 Å². The Hall–Kier alpha value is -2.82. The summed E-state index contributed by atoms with van der Waals surface area (Å²) in [5, 5.41) is 35.7. The van der Waals surface area contributed by atoms with E-state index >= 15 is 0 Å². The summed E-state index contributed by atoms with van der Waals surface area (Å²) in [6, 6.07) is 10.9. The molecule has 96 valence electrons. The number of hydrogen-bond acceptors (Lipinski definition) is 5. The maximum Gasteiger partial charge on any atom is 0.128 e. The molecule has 19 heavy (non-hydrogen) atoms. The van der Waals surface area contributed by atoms with Crippen LogP contribution in [0.2, 0.25) is 0 Å². The number of rotatable bonds is 3. The normalized spacial score (nSPS) is 11.4. The first-order valence-corrected chi connectivity index (χ1v) is 5.53. The van der Waals surface area contributed by atoms with E-state index in [1.807, 2.05) is 0 Å². The van der Waals surface area contributed by atoms with E-state index < -0.39 is 0 Å². The molecule has 0 aliphatic rings. The molecule has 0 unspecified atom stereocenters. The number of benzene rings is 2. The molecule has 2 aromatic rings. The average molecular weight is 256 g/mol. The van der Waals surface area contributed by atoms with Gasteiger partial charge in [-0.3, -0.25) is 0 Å². The van der Waals surface area contributed by atoms with E-state index in [4.69, 9.17) is 5.11 Å². The molecule has 0 atom stereocenters. The first-order chi connectivity index (χ1) is 9.16. The van der Waals surface area contributed by atoms with E-state index in [2.05, 4.69) is 10.2 Å². The smallest absolute Gasteiger partial charge is 0.128 e. The van der Waals surface area contributed by atoms with Crippen LogP contribution in [0.4, 0.5) is 0 Å². The summed E-state index contributed by atoms with van der Waals surface area (Å²) in [6.07, 6.45) is 2.76. The topological polar surface area (TPSA) is 85.4 Å². The molecule has 0 spiro atoms. The number of phenols is 3. The molecule has 0 amide bonds. The molecule has 0 aliphatic heterocycles. The van der Waals surface area contributed by atoms with Crippen LogP contribution in [-0.4, -0.2) is 27.7 Å². The molecule has 0 saturated heterocycles. The highest BCUT2D eigenvalue weighted by molar-refractivity contribution is 5.86. The fourth-order valence-electron chi connectivity index (χ4n) is 1.43. The van der Waals surface area contributed by atoms with Gasteiger partial charge in [0, 0.05) is 17.2 Å². The minimum Gasteiger partial charge on any atom is -0.508 e. The van der Waals surface area contributed by atoms with Crippen LogP contribution in [0.3, 0.4) is 0 Å². The van der Waals surface area contributed by atoms with Crippen molar-refractivity contribution < 1.29 is 15.3 Å². The van der Waals surface area contributed by atoms with Crippen molar-refractivity contribution in [2.75, 3.05) is 0 Å². The highest BCUT2D eigenvalue weighted by Gasteiger charge is 1.98. The quantitative estimate of drug-likeness (QED) is 0.581. The number of para-hydroxylation sites is 1. The summed E-state index contributed by atoms with van der Waals surface area (Å²) < 4.78 is 0. The van der Waals surface area contributed by atoms with Crippen molar-refractivity contribution in [2.24, 2.45) is 10.2 Å². The van der Waals surface area contributed by atoms with E-state index in [0.717, 1.165) is 0 Å². The third-order valence-electron chi connectivity index (χ3n) is 2.41. The van der Waals surface area contributed by atoms with E-state index in [9.17, 15) is 10.2 Å². The number of phenolic OH excluding ortho intramolecular Hbond substituents is 3. The number of hydrogen-bond donors (Lipinski definition) is 3. The van der Waals surface area contributed by atoms with Crippen molar-refractivity contribution >= 4 is 12.4 Å². The van der Waals surface area contributed by atoms with Gasteiger partial charge in [0.1, 0.15) is 17.2 Å². The largest absolute Gasteiger partial charge is 0.508 e. The van der Waals surface area contributed by atoms with Crippen LogP contribution < -0.4 is 0 Å². The zero-order chi connectivity index (χ0) is 13.7. The molecule has 5 heteroatoms. The Kier molecular flexibility index (Phi) is 3.78. The summed E-state index contributed by atoms with van der Waals surface area (Å²) in [4.78, 5) is 0. The second-order valence-corrected chi connectivity index (χ2v) is 3.79. The Morgan fingerprint density at radius 3 is 2.00 bits per heavy atom. The first kappa shape index (κ1) is 12.6. The van der Waals surface area contributed by atoms with E-state index in [1.165, 1.54) is 30.6 Å². The van der Waals surface area contributed by atoms with Crippen LogP contribution in [0.5, 0.6) is 17.2 Å². The van der Waals surface area contributed by atoms with Gasteiger partial charge in [0.25, 0.3) is 0 Å². The van der Waals surface area contributed by atoms with Gasteiger partial charge in [0.15, 0.2) is 0 Å². The van der Waals surface area contributed by atoms with Crippen LogP contribution >= 0.6 is 0 Å².